The number of halogens is 1. The molecule has 3 fully saturated rings. The summed E-state index contributed by atoms with van der Waals surface area (Å²) in [5.41, 5.74) is 3.13. The smallest absolute Gasteiger partial charge is 0.222 e. The number of aromatic hydroxyl groups is 1. The van der Waals surface area contributed by atoms with Crippen molar-refractivity contribution in [3.05, 3.63) is 65.2 Å². The molecule has 44 heavy (non-hydrogen) atoms. The SMILES string of the molecule is C[C@]12C[C@H](F)C3c4ccc(O)cc4C[C@@H](CCCCN(CC4CCCCC4)C(=O)CCCc4ccccc4)C3C1CC[C@@H]2O. The number of carbonyl (C=O) groups excluding carboxylic acids is 1. The number of aliphatic hydroxyl groups is 1. The Kier molecular flexibility index (Phi) is 10.00. The van der Waals surface area contributed by atoms with Gasteiger partial charge in [0.05, 0.1) is 6.10 Å². The Hall–Kier alpha value is -2.40. The Labute approximate surface area is 264 Å². The molecule has 4 nitrogen and oxygen atoms in total. The lowest BCUT2D eigenvalue weighted by molar-refractivity contribution is -0.132. The highest BCUT2D eigenvalue weighted by Crippen LogP contribution is 2.63. The summed E-state index contributed by atoms with van der Waals surface area (Å²) in [6, 6.07) is 16.0. The summed E-state index contributed by atoms with van der Waals surface area (Å²) in [5.74, 6) is 1.92. The van der Waals surface area contributed by atoms with Crippen LogP contribution >= 0.6 is 0 Å². The zero-order valence-corrected chi connectivity index (χ0v) is 26.8. The zero-order chi connectivity index (χ0) is 30.7. The monoisotopic (exact) mass is 603 g/mol. The van der Waals surface area contributed by atoms with E-state index in [-0.39, 0.29) is 23.0 Å². The van der Waals surface area contributed by atoms with E-state index in [4.69, 9.17) is 0 Å². The molecule has 0 aliphatic heterocycles. The van der Waals surface area contributed by atoms with Crippen molar-refractivity contribution in [2.24, 2.45) is 29.1 Å². The van der Waals surface area contributed by atoms with Gasteiger partial charge in [-0.15, -0.1) is 0 Å². The van der Waals surface area contributed by atoms with Crippen molar-refractivity contribution in [3.8, 4) is 5.75 Å². The maximum absolute atomic E-state index is 16.1. The van der Waals surface area contributed by atoms with Crippen LogP contribution < -0.4 is 0 Å². The fourth-order valence-corrected chi connectivity index (χ4v) is 9.99. The molecule has 0 heterocycles. The van der Waals surface area contributed by atoms with E-state index < -0.39 is 12.3 Å². The van der Waals surface area contributed by atoms with Gasteiger partial charge in [-0.3, -0.25) is 4.79 Å². The Bertz CT molecular complexity index is 1250. The van der Waals surface area contributed by atoms with Gasteiger partial charge in [0.15, 0.2) is 0 Å². The minimum atomic E-state index is -0.973. The number of aliphatic hydroxyl groups excluding tert-OH is 1. The fourth-order valence-electron chi connectivity index (χ4n) is 9.99. The molecule has 6 rings (SSSR count). The van der Waals surface area contributed by atoms with E-state index in [0.717, 1.165) is 75.6 Å². The average molecular weight is 604 g/mol. The average Bonchev–Trinajstić information content (AvgIpc) is 3.32. The van der Waals surface area contributed by atoms with Gasteiger partial charge in [-0.2, -0.15) is 0 Å². The van der Waals surface area contributed by atoms with E-state index in [9.17, 15) is 15.0 Å². The quantitative estimate of drug-likeness (QED) is 0.254. The standard InChI is InChI=1S/C39H54FNO3/c1-39-25-34(40)38-32-19-18-31(42)24-30(32)23-29(37(38)33(39)20-21-35(39)43)16-8-9-22-41(26-28-13-6-3-7-14-28)36(44)17-10-15-27-11-4-2-5-12-27/h2,4-5,11-12,18-19,24,28-29,33-35,37-38,42-43H,3,6-10,13-17,20-23,25-26H2,1H3/t29-,33?,34+,35+,37?,38?,39+/m1/s1. The van der Waals surface area contributed by atoms with Crippen LogP contribution in [0.3, 0.4) is 0 Å². The van der Waals surface area contributed by atoms with Crippen LogP contribution in [0.15, 0.2) is 48.5 Å². The summed E-state index contributed by atoms with van der Waals surface area (Å²) in [7, 11) is 0. The van der Waals surface area contributed by atoms with Crippen LogP contribution in [-0.4, -0.2) is 46.4 Å². The van der Waals surface area contributed by atoms with Gasteiger partial charge in [0, 0.05) is 25.4 Å². The molecular weight excluding hydrogens is 549 g/mol. The number of amides is 1. The molecule has 0 spiro atoms. The lowest BCUT2D eigenvalue weighted by Crippen LogP contribution is -2.51. The number of phenolic OH excluding ortho intramolecular Hbond substituents is 1. The number of nitrogens with zero attached hydrogens (tertiary/aromatic N) is 1. The van der Waals surface area contributed by atoms with Gasteiger partial charge >= 0.3 is 0 Å². The third-order valence-corrected chi connectivity index (χ3v) is 12.3. The number of rotatable bonds is 11. The van der Waals surface area contributed by atoms with E-state index >= 15 is 4.39 Å². The summed E-state index contributed by atoms with van der Waals surface area (Å²) in [6.45, 7) is 3.84. The highest BCUT2D eigenvalue weighted by atomic mass is 19.1. The van der Waals surface area contributed by atoms with Crippen LogP contribution in [0, 0.1) is 29.1 Å². The normalized spacial score (nSPS) is 31.6. The third kappa shape index (κ3) is 6.73. The van der Waals surface area contributed by atoms with Gasteiger partial charge < -0.3 is 15.1 Å². The van der Waals surface area contributed by atoms with Gasteiger partial charge in [0.2, 0.25) is 5.91 Å². The molecule has 2 aromatic carbocycles. The van der Waals surface area contributed by atoms with Gasteiger partial charge in [0.1, 0.15) is 11.9 Å². The number of alkyl halides is 1. The summed E-state index contributed by atoms with van der Waals surface area (Å²) in [4.78, 5) is 15.7. The van der Waals surface area contributed by atoms with Crippen molar-refractivity contribution in [1.82, 2.24) is 4.90 Å². The molecule has 1 amide bonds. The third-order valence-electron chi connectivity index (χ3n) is 12.3. The maximum Gasteiger partial charge on any atom is 0.222 e. The van der Waals surface area contributed by atoms with E-state index in [1.165, 1.54) is 37.7 Å². The van der Waals surface area contributed by atoms with Gasteiger partial charge in [-0.05, 0) is 122 Å². The Balaban J connectivity index is 1.11. The number of aryl methyl sites for hydroxylation is 1. The highest BCUT2D eigenvalue weighted by molar-refractivity contribution is 5.76. The molecule has 5 heteroatoms. The van der Waals surface area contributed by atoms with Crippen LogP contribution in [0.1, 0.15) is 113 Å². The maximum atomic E-state index is 16.1. The van der Waals surface area contributed by atoms with Crippen LogP contribution in [-0.2, 0) is 17.6 Å². The largest absolute Gasteiger partial charge is 0.508 e. The molecular formula is C39H54FNO3. The van der Waals surface area contributed by atoms with E-state index in [1.807, 2.05) is 18.2 Å². The van der Waals surface area contributed by atoms with Gasteiger partial charge in [-0.25, -0.2) is 4.39 Å². The van der Waals surface area contributed by atoms with Crippen molar-refractivity contribution >= 4 is 5.91 Å². The number of unbranched alkanes of at least 4 members (excludes halogenated alkanes) is 1. The Morgan fingerprint density at radius 3 is 2.59 bits per heavy atom. The van der Waals surface area contributed by atoms with E-state index in [1.54, 1.807) is 6.07 Å². The molecule has 0 saturated heterocycles. The molecule has 2 N–H and O–H groups in total. The first-order valence-electron chi connectivity index (χ1n) is 17.8. The lowest BCUT2D eigenvalue weighted by Gasteiger charge is -2.54. The molecule has 2 aromatic rings. The summed E-state index contributed by atoms with van der Waals surface area (Å²) >= 11 is 0. The van der Waals surface area contributed by atoms with Gasteiger partial charge in [-0.1, -0.05) is 69.0 Å². The fraction of sp³-hybridized carbons (Fsp3) is 0.667. The van der Waals surface area contributed by atoms with Crippen LogP contribution in [0.25, 0.3) is 0 Å². The molecule has 7 atom stereocenters. The molecule has 0 radical (unpaired) electrons. The topological polar surface area (TPSA) is 60.8 Å². The number of carbonyl (C=O) groups is 1. The number of benzene rings is 2. The minimum Gasteiger partial charge on any atom is -0.508 e. The predicted octanol–water partition coefficient (Wildman–Crippen LogP) is 8.39. The van der Waals surface area contributed by atoms with Crippen molar-refractivity contribution in [2.45, 2.75) is 121 Å². The molecule has 4 aliphatic rings. The second-order valence-electron chi connectivity index (χ2n) is 15.1. The molecule has 3 unspecified atom stereocenters. The van der Waals surface area contributed by atoms with Gasteiger partial charge in [0.25, 0.3) is 0 Å². The summed E-state index contributed by atoms with van der Waals surface area (Å²) in [5, 5.41) is 21.2. The van der Waals surface area contributed by atoms with E-state index in [2.05, 4.69) is 36.1 Å². The first-order valence-corrected chi connectivity index (χ1v) is 17.8. The van der Waals surface area contributed by atoms with Crippen molar-refractivity contribution in [3.63, 3.8) is 0 Å². The molecule has 3 saturated carbocycles. The molecule has 0 bridgehead atoms. The van der Waals surface area contributed by atoms with Crippen molar-refractivity contribution in [1.29, 1.82) is 0 Å². The Morgan fingerprint density at radius 2 is 1.80 bits per heavy atom. The molecule has 4 aliphatic carbocycles. The van der Waals surface area contributed by atoms with Crippen LogP contribution in [0.2, 0.25) is 0 Å². The minimum absolute atomic E-state index is 0.151. The van der Waals surface area contributed by atoms with Crippen molar-refractivity contribution < 1.29 is 19.4 Å². The highest BCUT2D eigenvalue weighted by Gasteiger charge is 2.59. The van der Waals surface area contributed by atoms with Crippen molar-refractivity contribution in [2.75, 3.05) is 13.1 Å². The number of hydrogen-bond acceptors (Lipinski definition) is 3. The van der Waals surface area contributed by atoms with Crippen LogP contribution in [0.5, 0.6) is 5.75 Å². The second kappa shape index (κ2) is 13.9. The first-order chi connectivity index (χ1) is 21.3. The summed E-state index contributed by atoms with van der Waals surface area (Å²) in [6.07, 6.45) is 13.4. The second-order valence-corrected chi connectivity index (χ2v) is 15.1. The first kappa shape index (κ1) is 31.6. The predicted molar refractivity (Wildman–Crippen MR) is 174 cm³/mol. The Morgan fingerprint density at radius 1 is 1.00 bits per heavy atom. The zero-order valence-electron chi connectivity index (χ0n) is 26.8. The van der Waals surface area contributed by atoms with E-state index in [0.29, 0.717) is 36.5 Å². The summed E-state index contributed by atoms with van der Waals surface area (Å²) < 4.78 is 16.1. The number of phenols is 1. The lowest BCUT2D eigenvalue weighted by atomic mass is 9.51. The number of fused-ring (bicyclic) bond motifs is 5. The molecule has 240 valence electrons. The van der Waals surface area contributed by atoms with Crippen LogP contribution in [0.4, 0.5) is 4.39 Å². The molecule has 0 aromatic heterocycles. The number of hydrogen-bond donors (Lipinski definition) is 2.